The minimum Gasteiger partial charge on any atom is -0.486 e. The van der Waals surface area contributed by atoms with E-state index in [0.29, 0.717) is 19.5 Å². The molecular formula is C20H22F3N3O6S. The SMILES string of the molecule is CCOc1nc(C(=O)N2CC[C@]3(c4nccs4)OCOC3C2)ccc1OCCOC(F)(F)F. The Morgan fingerprint density at radius 1 is 1.33 bits per heavy atom. The van der Waals surface area contributed by atoms with Gasteiger partial charge in [0, 0.05) is 24.5 Å². The van der Waals surface area contributed by atoms with Gasteiger partial charge in [0.1, 0.15) is 30.2 Å². The van der Waals surface area contributed by atoms with Gasteiger partial charge >= 0.3 is 6.36 Å². The van der Waals surface area contributed by atoms with Crippen molar-refractivity contribution in [2.24, 2.45) is 0 Å². The van der Waals surface area contributed by atoms with Crippen molar-refractivity contribution < 1.29 is 41.7 Å². The number of rotatable bonds is 8. The molecule has 1 unspecified atom stereocenters. The predicted molar refractivity (Wildman–Crippen MR) is 108 cm³/mol. The highest BCUT2D eigenvalue weighted by atomic mass is 32.1. The zero-order valence-corrected chi connectivity index (χ0v) is 18.5. The van der Waals surface area contributed by atoms with E-state index in [4.69, 9.17) is 18.9 Å². The molecule has 2 aliphatic rings. The lowest BCUT2D eigenvalue weighted by Gasteiger charge is -2.40. The molecule has 33 heavy (non-hydrogen) atoms. The second kappa shape index (κ2) is 9.79. The van der Waals surface area contributed by atoms with Crippen LogP contribution in [0.4, 0.5) is 13.2 Å². The number of piperidine rings is 1. The first kappa shape index (κ1) is 23.7. The van der Waals surface area contributed by atoms with E-state index in [0.717, 1.165) is 5.01 Å². The van der Waals surface area contributed by atoms with Gasteiger partial charge < -0.3 is 23.8 Å². The number of carbonyl (C=O) groups is 1. The summed E-state index contributed by atoms with van der Waals surface area (Å²) in [5.41, 5.74) is -0.539. The predicted octanol–water partition coefficient (Wildman–Crippen LogP) is 2.97. The van der Waals surface area contributed by atoms with E-state index in [1.54, 1.807) is 18.0 Å². The molecule has 0 saturated carbocycles. The molecule has 0 N–H and O–H groups in total. The lowest BCUT2D eigenvalue weighted by Crippen LogP contribution is -2.53. The summed E-state index contributed by atoms with van der Waals surface area (Å²) in [5.74, 6) is -0.191. The second-order valence-corrected chi connectivity index (χ2v) is 8.12. The van der Waals surface area contributed by atoms with Crippen LogP contribution in [0.1, 0.15) is 28.8 Å². The first-order valence-electron chi connectivity index (χ1n) is 10.2. The van der Waals surface area contributed by atoms with Crippen LogP contribution in [0.3, 0.4) is 0 Å². The number of ether oxygens (including phenoxy) is 5. The van der Waals surface area contributed by atoms with Crippen LogP contribution < -0.4 is 9.47 Å². The summed E-state index contributed by atoms with van der Waals surface area (Å²) in [6.07, 6.45) is -2.86. The quantitative estimate of drug-likeness (QED) is 0.523. The first-order chi connectivity index (χ1) is 15.8. The average Bonchev–Trinajstić information content (AvgIpc) is 3.46. The molecular weight excluding hydrogens is 467 g/mol. The Kier molecular flexibility index (Phi) is 7.02. The van der Waals surface area contributed by atoms with Gasteiger partial charge in [0.2, 0.25) is 0 Å². The zero-order chi connectivity index (χ0) is 23.5. The number of fused-ring (bicyclic) bond motifs is 1. The monoisotopic (exact) mass is 489 g/mol. The molecule has 0 aromatic carbocycles. The summed E-state index contributed by atoms with van der Waals surface area (Å²) < 4.78 is 62.4. The van der Waals surface area contributed by atoms with Gasteiger partial charge in [0.15, 0.2) is 11.4 Å². The summed E-state index contributed by atoms with van der Waals surface area (Å²) in [6, 6.07) is 2.89. The van der Waals surface area contributed by atoms with Crippen LogP contribution in [-0.4, -0.2) is 72.9 Å². The fourth-order valence-electron chi connectivity index (χ4n) is 3.77. The number of halogens is 3. The Morgan fingerprint density at radius 3 is 2.91 bits per heavy atom. The third-order valence-electron chi connectivity index (χ3n) is 5.26. The van der Waals surface area contributed by atoms with Gasteiger partial charge in [-0.2, -0.15) is 0 Å². The number of thiazole rings is 1. The van der Waals surface area contributed by atoms with Gasteiger partial charge in [-0.1, -0.05) is 0 Å². The molecule has 2 fully saturated rings. The number of hydrogen-bond acceptors (Lipinski definition) is 9. The van der Waals surface area contributed by atoms with Crippen molar-refractivity contribution in [1.82, 2.24) is 14.9 Å². The van der Waals surface area contributed by atoms with E-state index in [1.807, 2.05) is 5.38 Å². The summed E-state index contributed by atoms with van der Waals surface area (Å²) in [5, 5.41) is 2.70. The number of aromatic nitrogens is 2. The normalized spacial score (nSPS) is 22.8. The molecule has 13 heteroatoms. The third kappa shape index (κ3) is 5.21. The molecule has 0 radical (unpaired) electrons. The van der Waals surface area contributed by atoms with E-state index in [9.17, 15) is 18.0 Å². The van der Waals surface area contributed by atoms with Crippen LogP contribution in [0.15, 0.2) is 23.7 Å². The Bertz CT molecular complexity index is 961. The molecule has 9 nitrogen and oxygen atoms in total. The minimum absolute atomic E-state index is 0.0185. The highest BCUT2D eigenvalue weighted by molar-refractivity contribution is 7.09. The summed E-state index contributed by atoms with van der Waals surface area (Å²) in [7, 11) is 0. The number of likely N-dealkylation sites (tertiary alicyclic amines) is 1. The van der Waals surface area contributed by atoms with E-state index in [-0.39, 0.29) is 49.3 Å². The van der Waals surface area contributed by atoms with Crippen LogP contribution in [-0.2, 0) is 19.8 Å². The van der Waals surface area contributed by atoms with Crippen molar-refractivity contribution in [1.29, 1.82) is 0 Å². The van der Waals surface area contributed by atoms with E-state index < -0.39 is 18.6 Å². The number of nitrogens with zero attached hydrogens (tertiary/aromatic N) is 3. The van der Waals surface area contributed by atoms with Gasteiger partial charge in [-0.3, -0.25) is 9.53 Å². The molecule has 2 atom stereocenters. The molecule has 4 rings (SSSR count). The van der Waals surface area contributed by atoms with Gasteiger partial charge in [-0.25, -0.2) is 9.97 Å². The number of amides is 1. The number of pyridine rings is 1. The molecule has 4 heterocycles. The average molecular weight is 489 g/mol. The van der Waals surface area contributed by atoms with Crippen molar-refractivity contribution in [3.05, 3.63) is 34.4 Å². The molecule has 2 aromatic rings. The standard InChI is InChI=1S/C20H22F3N3O6S/c1-2-28-16-14(29-8-9-31-20(21,22)23)4-3-13(25-16)17(27)26-7-5-19(18-24-6-10-33-18)15(11-26)30-12-32-19/h3-4,6,10,15H,2,5,7-9,11-12H2,1H3/t15?,19-/m0/s1. The van der Waals surface area contributed by atoms with Crippen molar-refractivity contribution in [2.75, 3.05) is 39.7 Å². The largest absolute Gasteiger partial charge is 0.522 e. The van der Waals surface area contributed by atoms with Crippen molar-refractivity contribution in [3.8, 4) is 11.6 Å². The maximum Gasteiger partial charge on any atom is 0.522 e. The minimum atomic E-state index is -4.74. The molecule has 0 spiro atoms. The highest BCUT2D eigenvalue weighted by Crippen LogP contribution is 2.43. The van der Waals surface area contributed by atoms with Crippen LogP contribution in [0.2, 0.25) is 0 Å². The molecule has 2 aromatic heterocycles. The van der Waals surface area contributed by atoms with Gasteiger partial charge in [0.05, 0.1) is 19.8 Å². The summed E-state index contributed by atoms with van der Waals surface area (Å²) in [6.45, 7) is 1.74. The van der Waals surface area contributed by atoms with Crippen molar-refractivity contribution in [2.45, 2.75) is 31.4 Å². The lowest BCUT2D eigenvalue weighted by molar-refractivity contribution is -0.325. The fraction of sp³-hybridized carbons (Fsp3) is 0.550. The smallest absolute Gasteiger partial charge is 0.486 e. The highest BCUT2D eigenvalue weighted by Gasteiger charge is 2.53. The van der Waals surface area contributed by atoms with E-state index in [1.165, 1.54) is 23.5 Å². The van der Waals surface area contributed by atoms with Crippen LogP contribution in [0, 0.1) is 0 Å². The van der Waals surface area contributed by atoms with Crippen LogP contribution >= 0.6 is 11.3 Å². The Balaban J connectivity index is 1.43. The Labute approximate surface area is 191 Å². The van der Waals surface area contributed by atoms with Crippen molar-refractivity contribution >= 4 is 17.2 Å². The molecule has 1 amide bonds. The van der Waals surface area contributed by atoms with Crippen molar-refractivity contribution in [3.63, 3.8) is 0 Å². The van der Waals surface area contributed by atoms with Crippen LogP contribution in [0.5, 0.6) is 11.6 Å². The van der Waals surface area contributed by atoms with E-state index >= 15 is 0 Å². The topological polar surface area (TPSA) is 92.2 Å². The molecule has 2 saturated heterocycles. The lowest BCUT2D eigenvalue weighted by atomic mass is 9.89. The van der Waals surface area contributed by atoms with Gasteiger partial charge in [-0.05, 0) is 19.1 Å². The third-order valence-corrected chi connectivity index (χ3v) is 6.19. The maximum absolute atomic E-state index is 13.1. The Morgan fingerprint density at radius 2 is 2.18 bits per heavy atom. The molecule has 180 valence electrons. The zero-order valence-electron chi connectivity index (χ0n) is 17.7. The van der Waals surface area contributed by atoms with Gasteiger partial charge in [-0.15, -0.1) is 24.5 Å². The molecule has 0 bridgehead atoms. The van der Waals surface area contributed by atoms with Gasteiger partial charge in [0.25, 0.3) is 11.8 Å². The number of alkyl halides is 3. The second-order valence-electron chi connectivity index (χ2n) is 7.22. The fourth-order valence-corrected chi connectivity index (χ4v) is 4.63. The Hall–Kier alpha value is -2.48. The molecule has 2 aliphatic heterocycles. The van der Waals surface area contributed by atoms with Crippen LogP contribution in [0.25, 0.3) is 0 Å². The maximum atomic E-state index is 13.1. The molecule has 0 aliphatic carbocycles. The summed E-state index contributed by atoms with van der Waals surface area (Å²) in [4.78, 5) is 23.4. The summed E-state index contributed by atoms with van der Waals surface area (Å²) >= 11 is 1.49. The van der Waals surface area contributed by atoms with E-state index in [2.05, 4.69) is 14.7 Å². The number of carbonyl (C=O) groups excluding carboxylic acids is 1. The first-order valence-corrected chi connectivity index (χ1v) is 11.1. The number of hydrogen-bond donors (Lipinski definition) is 0.